The van der Waals surface area contributed by atoms with Crippen LogP contribution < -0.4 is 14.9 Å². The van der Waals surface area contributed by atoms with E-state index in [1.165, 1.54) is 20.1 Å². The minimum Gasteiger partial charge on any atom is -0.496 e. The number of pyridine rings is 1. The maximum Gasteiger partial charge on any atom is 0.331 e. The van der Waals surface area contributed by atoms with E-state index in [1.807, 2.05) is 48.0 Å². The number of benzene rings is 4. The summed E-state index contributed by atoms with van der Waals surface area (Å²) in [6.45, 7) is 4.76. The summed E-state index contributed by atoms with van der Waals surface area (Å²) in [5, 5.41) is 3.16. The molecule has 0 amide bonds. The van der Waals surface area contributed by atoms with Gasteiger partial charge < -0.3 is 23.5 Å². The quantitative estimate of drug-likeness (QED) is 0.121. The number of fused-ring (bicyclic) bond motifs is 5. The molecule has 5 aromatic rings. The Hall–Kier alpha value is -4.82. The third kappa shape index (κ3) is 4.95. The van der Waals surface area contributed by atoms with Crippen molar-refractivity contribution in [2.24, 2.45) is 7.05 Å². The van der Waals surface area contributed by atoms with Gasteiger partial charge in [-0.1, -0.05) is 54.1 Å². The molecule has 0 radical (unpaired) electrons. The van der Waals surface area contributed by atoms with Gasteiger partial charge in [-0.05, 0) is 54.5 Å². The Morgan fingerprint density at radius 3 is 2.36 bits per heavy atom. The van der Waals surface area contributed by atoms with E-state index >= 15 is 0 Å². The molecule has 2 atom stereocenters. The molecule has 1 aliphatic heterocycles. The predicted molar refractivity (Wildman–Crippen MR) is 170 cm³/mol. The first-order valence-electron chi connectivity index (χ1n) is 14.1. The lowest BCUT2D eigenvalue weighted by molar-refractivity contribution is -0.185. The van der Waals surface area contributed by atoms with Crippen LogP contribution in [0.5, 0.6) is 11.5 Å². The molecule has 44 heavy (non-hydrogen) atoms. The largest absolute Gasteiger partial charge is 0.496 e. The van der Waals surface area contributed by atoms with Crippen molar-refractivity contribution in [2.75, 3.05) is 7.11 Å². The minimum atomic E-state index is -1.15. The second-order valence-corrected chi connectivity index (χ2v) is 11.7. The first kappa shape index (κ1) is 29.3. The van der Waals surface area contributed by atoms with Crippen LogP contribution in [0.1, 0.15) is 38.0 Å². The lowest BCUT2D eigenvalue weighted by Gasteiger charge is -2.43. The van der Waals surface area contributed by atoms with Crippen LogP contribution in [0, 0.1) is 0 Å². The molecule has 4 aromatic carbocycles. The fraction of sp³-hybridized carbons (Fsp3) is 0.229. The number of nitrogens with zero attached hydrogens (tertiary/aromatic N) is 1. The summed E-state index contributed by atoms with van der Waals surface area (Å²) >= 11 is 6.24. The molecule has 0 bridgehead atoms. The van der Waals surface area contributed by atoms with Crippen molar-refractivity contribution >= 4 is 62.2 Å². The highest BCUT2D eigenvalue weighted by Gasteiger charge is 2.50. The van der Waals surface area contributed by atoms with Crippen LogP contribution in [0.3, 0.4) is 0 Å². The number of hydrogen-bond donors (Lipinski definition) is 0. The van der Waals surface area contributed by atoms with Gasteiger partial charge in [-0.2, -0.15) is 0 Å². The zero-order valence-electron chi connectivity index (χ0n) is 24.8. The molecular formula is C35H30ClNO7. The Morgan fingerprint density at radius 2 is 1.68 bits per heavy atom. The molecule has 2 heterocycles. The van der Waals surface area contributed by atoms with Crippen LogP contribution in [0.4, 0.5) is 0 Å². The summed E-state index contributed by atoms with van der Waals surface area (Å²) < 4.78 is 25.9. The molecular weight excluding hydrogens is 582 g/mol. The van der Waals surface area contributed by atoms with Crippen molar-refractivity contribution in [3.63, 3.8) is 0 Å². The highest BCUT2D eigenvalue weighted by molar-refractivity contribution is 6.32. The van der Waals surface area contributed by atoms with Crippen molar-refractivity contribution in [2.45, 2.75) is 38.6 Å². The van der Waals surface area contributed by atoms with Gasteiger partial charge >= 0.3 is 11.9 Å². The van der Waals surface area contributed by atoms with Crippen LogP contribution in [-0.4, -0.2) is 35.3 Å². The minimum absolute atomic E-state index is 0.249. The highest BCUT2D eigenvalue weighted by atomic mass is 35.5. The van der Waals surface area contributed by atoms with Crippen LogP contribution >= 0.6 is 11.6 Å². The van der Waals surface area contributed by atoms with Crippen LogP contribution in [-0.2, 0) is 26.1 Å². The molecule has 0 saturated carbocycles. The van der Waals surface area contributed by atoms with E-state index in [0.717, 1.165) is 10.8 Å². The van der Waals surface area contributed by atoms with Gasteiger partial charge in [-0.25, -0.2) is 4.79 Å². The molecule has 0 spiro atoms. The SMILES string of the molecule is COc1cc2c(c3c1c(=O)c1cc4ccccc4cc1n3C)[C@H](OC(C)=O)[C@H](OC(=O)C=Cc1ccccc1Cl)C(C)(C)O2. The van der Waals surface area contributed by atoms with Gasteiger partial charge in [0.1, 0.15) is 17.1 Å². The first-order chi connectivity index (χ1) is 21.0. The average molecular weight is 612 g/mol. The van der Waals surface area contributed by atoms with E-state index in [-0.39, 0.29) is 5.43 Å². The normalized spacial score (nSPS) is 17.4. The van der Waals surface area contributed by atoms with Gasteiger partial charge in [0.05, 0.1) is 29.1 Å². The number of hydrogen-bond acceptors (Lipinski definition) is 7. The number of halogens is 1. The Morgan fingerprint density at radius 1 is 1.00 bits per heavy atom. The topological polar surface area (TPSA) is 93.1 Å². The molecule has 224 valence electrons. The lowest BCUT2D eigenvalue weighted by atomic mass is 9.86. The van der Waals surface area contributed by atoms with Crippen molar-refractivity contribution in [3.05, 3.63) is 99.2 Å². The number of esters is 2. The second-order valence-electron chi connectivity index (χ2n) is 11.3. The van der Waals surface area contributed by atoms with Gasteiger partial charge in [-0.15, -0.1) is 0 Å². The molecule has 1 aromatic heterocycles. The fourth-order valence-corrected chi connectivity index (χ4v) is 6.16. The van der Waals surface area contributed by atoms with Crippen molar-refractivity contribution in [1.82, 2.24) is 4.57 Å². The van der Waals surface area contributed by atoms with E-state index in [0.29, 0.717) is 49.5 Å². The molecule has 0 N–H and O–H groups in total. The highest BCUT2D eigenvalue weighted by Crippen LogP contribution is 2.49. The third-order valence-corrected chi connectivity index (χ3v) is 8.32. The van der Waals surface area contributed by atoms with E-state index in [9.17, 15) is 14.4 Å². The smallest absolute Gasteiger partial charge is 0.331 e. The summed E-state index contributed by atoms with van der Waals surface area (Å²) in [4.78, 5) is 39.9. The summed E-state index contributed by atoms with van der Waals surface area (Å²) in [6.07, 6.45) is 0.622. The van der Waals surface area contributed by atoms with Gasteiger partial charge in [0.15, 0.2) is 12.2 Å². The van der Waals surface area contributed by atoms with E-state index in [4.69, 9.17) is 30.5 Å². The zero-order valence-corrected chi connectivity index (χ0v) is 25.6. The van der Waals surface area contributed by atoms with Gasteiger partial charge in [0.2, 0.25) is 5.43 Å². The van der Waals surface area contributed by atoms with Crippen LogP contribution in [0.25, 0.3) is 38.7 Å². The molecule has 9 heteroatoms. The number of carbonyl (C=O) groups excluding carboxylic acids is 2. The first-order valence-corrected chi connectivity index (χ1v) is 14.4. The number of methoxy groups -OCH3 is 1. The van der Waals surface area contributed by atoms with Gasteiger partial charge in [-0.3, -0.25) is 9.59 Å². The summed E-state index contributed by atoms with van der Waals surface area (Å²) in [5.74, 6) is -0.618. The number of aryl methyl sites for hydroxylation is 1. The monoisotopic (exact) mass is 611 g/mol. The van der Waals surface area contributed by atoms with Crippen molar-refractivity contribution in [3.8, 4) is 11.5 Å². The molecule has 6 rings (SSSR count). The lowest BCUT2D eigenvalue weighted by Crippen LogP contribution is -2.52. The Kier molecular flexibility index (Phi) is 7.33. The molecule has 0 fully saturated rings. The van der Waals surface area contributed by atoms with Gasteiger partial charge in [0, 0.05) is 36.5 Å². The van der Waals surface area contributed by atoms with E-state index in [2.05, 4.69) is 0 Å². The summed E-state index contributed by atoms with van der Waals surface area (Å²) in [6, 6.07) is 20.3. The molecule has 1 aliphatic rings. The van der Waals surface area contributed by atoms with Crippen molar-refractivity contribution in [1.29, 1.82) is 0 Å². The molecule has 0 unspecified atom stereocenters. The number of aromatic nitrogens is 1. The second kappa shape index (κ2) is 11.0. The number of ether oxygens (including phenoxy) is 4. The standard InChI is InChI=1S/C35H30ClNO7/c1-19(38)42-33-30-27(44-35(2,3)34(33)43-28(39)15-14-20-10-8-9-13-24(20)36)18-26(41-5)29-31(30)37(4)25-17-22-12-7-6-11-21(22)16-23(25)32(29)40/h6-18,33-34H,1-5H3/t33-,34-/m0/s1. The third-order valence-electron chi connectivity index (χ3n) is 7.98. The van der Waals surface area contributed by atoms with E-state index in [1.54, 1.807) is 50.3 Å². The fourth-order valence-electron chi connectivity index (χ4n) is 5.96. The molecule has 0 saturated heterocycles. The number of carbonyl (C=O) groups is 2. The van der Waals surface area contributed by atoms with Crippen LogP contribution in [0.2, 0.25) is 5.02 Å². The number of rotatable bonds is 5. The molecule has 0 aliphatic carbocycles. The van der Waals surface area contributed by atoms with E-state index < -0.39 is 29.7 Å². The van der Waals surface area contributed by atoms with Gasteiger partial charge in [0.25, 0.3) is 0 Å². The Balaban J connectivity index is 1.57. The summed E-state index contributed by atoms with van der Waals surface area (Å²) in [5.41, 5.74) is 0.755. The predicted octanol–water partition coefficient (Wildman–Crippen LogP) is 6.91. The summed E-state index contributed by atoms with van der Waals surface area (Å²) in [7, 11) is 3.31. The van der Waals surface area contributed by atoms with Crippen molar-refractivity contribution < 1.29 is 28.5 Å². The maximum absolute atomic E-state index is 14.2. The van der Waals surface area contributed by atoms with Crippen LogP contribution in [0.15, 0.2) is 77.6 Å². The Bertz CT molecular complexity index is 2080. The Labute approximate surface area is 258 Å². The average Bonchev–Trinajstić information content (AvgIpc) is 2.99. The molecule has 8 nitrogen and oxygen atoms in total. The zero-order chi connectivity index (χ0) is 31.3. The maximum atomic E-state index is 14.2.